The van der Waals surface area contributed by atoms with Crippen molar-refractivity contribution in [3.63, 3.8) is 0 Å². The highest BCUT2D eigenvalue weighted by molar-refractivity contribution is 6.06. The summed E-state index contributed by atoms with van der Waals surface area (Å²) in [6.07, 6.45) is 4.70. The number of aryl methyl sites for hydroxylation is 1. The summed E-state index contributed by atoms with van der Waals surface area (Å²) in [6.45, 7) is 1.97. The average Bonchev–Trinajstić information content (AvgIpc) is 3.59. The summed E-state index contributed by atoms with van der Waals surface area (Å²) < 4.78 is 6.65. The number of ether oxygens (including phenoxy) is 1. The van der Waals surface area contributed by atoms with Gasteiger partial charge in [0.25, 0.3) is 0 Å². The third-order valence-corrected chi connectivity index (χ3v) is 8.81. The lowest BCUT2D eigenvalue weighted by Crippen LogP contribution is -2.50. The molecule has 0 spiro atoms. The van der Waals surface area contributed by atoms with Crippen LogP contribution < -0.4 is 4.90 Å². The Balaban J connectivity index is 1.30. The smallest absolute Gasteiger partial charge is 0.233 e. The number of rotatable bonds is 7. The predicted octanol–water partition coefficient (Wildman–Crippen LogP) is 5.33. The molecule has 3 aromatic carbocycles. The fourth-order valence-electron chi connectivity index (χ4n) is 6.86. The van der Waals surface area contributed by atoms with Gasteiger partial charge in [0, 0.05) is 28.9 Å². The van der Waals surface area contributed by atoms with E-state index in [1.54, 1.807) is 18.0 Å². The molecule has 1 N–H and O–H groups in total. The lowest BCUT2D eigenvalue weighted by molar-refractivity contribution is -0.131. The molecule has 2 fully saturated rings. The van der Waals surface area contributed by atoms with Crippen molar-refractivity contribution in [1.29, 1.82) is 5.26 Å². The number of aromatic amines is 1. The molecule has 38 heavy (non-hydrogen) atoms. The summed E-state index contributed by atoms with van der Waals surface area (Å²) in [4.78, 5) is 28.3. The number of para-hydroxylation sites is 1. The normalized spacial score (nSPS) is 26.0. The van der Waals surface area contributed by atoms with Crippen LogP contribution in [0.2, 0.25) is 0 Å². The van der Waals surface area contributed by atoms with Crippen LogP contribution in [0, 0.1) is 23.2 Å². The third kappa shape index (κ3) is 3.63. The summed E-state index contributed by atoms with van der Waals surface area (Å²) in [5.74, 6) is -1.20. The molecule has 1 amide bonds. The Labute approximate surface area is 221 Å². The van der Waals surface area contributed by atoms with E-state index in [0.717, 1.165) is 65.0 Å². The van der Waals surface area contributed by atoms with Crippen molar-refractivity contribution in [3.05, 3.63) is 71.9 Å². The van der Waals surface area contributed by atoms with E-state index < -0.39 is 23.0 Å². The van der Waals surface area contributed by atoms with Crippen molar-refractivity contribution in [3.8, 4) is 6.07 Å². The summed E-state index contributed by atoms with van der Waals surface area (Å²) in [5, 5.41) is 19.9. The summed E-state index contributed by atoms with van der Waals surface area (Å²) in [5.41, 5.74) is 1.97. The fourth-order valence-corrected chi connectivity index (χ4v) is 6.86. The van der Waals surface area contributed by atoms with Crippen LogP contribution in [0.4, 0.5) is 5.69 Å². The van der Waals surface area contributed by atoms with Gasteiger partial charge in [0.05, 0.1) is 45.9 Å². The molecule has 0 aliphatic carbocycles. The van der Waals surface area contributed by atoms with E-state index in [1.807, 2.05) is 55.5 Å². The molecule has 2 saturated heterocycles. The van der Waals surface area contributed by atoms with Crippen LogP contribution in [-0.4, -0.2) is 40.6 Å². The number of nitrogens with one attached hydrogen (secondary N) is 1. The average molecular weight is 507 g/mol. The van der Waals surface area contributed by atoms with E-state index in [0.29, 0.717) is 12.0 Å². The van der Waals surface area contributed by atoms with E-state index in [4.69, 9.17) is 4.74 Å². The molecule has 0 saturated carbocycles. The van der Waals surface area contributed by atoms with Gasteiger partial charge in [0.15, 0.2) is 0 Å². The van der Waals surface area contributed by atoms with Gasteiger partial charge in [-0.25, -0.2) is 0 Å². The minimum absolute atomic E-state index is 0.118. The van der Waals surface area contributed by atoms with Crippen LogP contribution in [0.3, 0.4) is 0 Å². The number of nitriles is 1. The van der Waals surface area contributed by atoms with Gasteiger partial charge in [-0.1, -0.05) is 42.5 Å². The van der Waals surface area contributed by atoms with Crippen LogP contribution >= 0.6 is 0 Å². The zero-order chi connectivity index (χ0) is 26.5. The van der Waals surface area contributed by atoms with Gasteiger partial charge < -0.3 is 14.4 Å². The van der Waals surface area contributed by atoms with Crippen molar-refractivity contribution in [2.24, 2.45) is 11.8 Å². The van der Waals surface area contributed by atoms with Gasteiger partial charge in [-0.2, -0.15) is 10.4 Å². The van der Waals surface area contributed by atoms with Crippen molar-refractivity contribution in [1.82, 2.24) is 10.2 Å². The zero-order valence-corrected chi connectivity index (χ0v) is 21.6. The van der Waals surface area contributed by atoms with E-state index >= 15 is 0 Å². The van der Waals surface area contributed by atoms with E-state index in [-0.39, 0.29) is 5.91 Å². The number of anilines is 1. The van der Waals surface area contributed by atoms with Crippen molar-refractivity contribution in [2.45, 2.75) is 50.2 Å². The quantitative estimate of drug-likeness (QED) is 0.342. The predicted molar refractivity (Wildman–Crippen MR) is 146 cm³/mol. The molecule has 4 atom stereocenters. The Morgan fingerprint density at radius 2 is 1.87 bits per heavy atom. The maximum atomic E-state index is 14.2. The number of hydrogen-bond acceptors (Lipinski definition) is 5. The number of hydrogen-bond donors (Lipinski definition) is 1. The number of fused-ring (bicyclic) bond motifs is 4. The largest absolute Gasteiger partial charge is 0.367 e. The van der Waals surface area contributed by atoms with Crippen molar-refractivity contribution >= 4 is 39.6 Å². The van der Waals surface area contributed by atoms with Gasteiger partial charge >= 0.3 is 0 Å². The van der Waals surface area contributed by atoms with Gasteiger partial charge in [-0.15, -0.1) is 0 Å². The van der Waals surface area contributed by atoms with Gasteiger partial charge in [-0.05, 0) is 57.2 Å². The molecule has 2 bridgehead atoms. The van der Waals surface area contributed by atoms with E-state index in [1.165, 1.54) is 0 Å². The Morgan fingerprint density at radius 3 is 2.63 bits per heavy atom. The van der Waals surface area contributed by atoms with E-state index in [2.05, 4.69) is 22.3 Å². The van der Waals surface area contributed by atoms with Crippen LogP contribution in [0.25, 0.3) is 21.7 Å². The standard InChI is InChI=1S/C31H30N4O3/c1-30-16-17-31(38-30,15-7-12-26-23-10-5-6-11-25(23)33-34-26)28(24(30)19-36)29(37)35(2)27-14-13-20(18-32)21-8-3-4-9-22(21)27/h3-6,8-11,13-14,19,24,28H,7,12,15-17H2,1-2H3,(H,33,34)/t24-,28-,30+,31-/m1/s1. The summed E-state index contributed by atoms with van der Waals surface area (Å²) >= 11 is 0. The zero-order valence-electron chi connectivity index (χ0n) is 21.6. The van der Waals surface area contributed by atoms with Gasteiger partial charge in [0.1, 0.15) is 6.29 Å². The Kier molecular flexibility index (Phi) is 5.81. The monoisotopic (exact) mass is 506 g/mol. The second-order valence-electron chi connectivity index (χ2n) is 10.9. The SMILES string of the molecule is CN(C(=O)[C@H]1[C@@H](C=O)[C@]2(C)CC[C@@]1(CCCc1[nH]nc3ccccc13)O2)c1ccc(C#N)c2ccccc12. The highest BCUT2D eigenvalue weighted by Crippen LogP contribution is 2.59. The number of aromatic nitrogens is 2. The number of nitrogens with zero attached hydrogens (tertiary/aromatic N) is 3. The lowest BCUT2D eigenvalue weighted by atomic mass is 9.65. The van der Waals surface area contributed by atoms with Crippen LogP contribution in [0.15, 0.2) is 60.7 Å². The first-order valence-electron chi connectivity index (χ1n) is 13.2. The minimum Gasteiger partial charge on any atom is -0.367 e. The lowest BCUT2D eigenvalue weighted by Gasteiger charge is -2.37. The van der Waals surface area contributed by atoms with Gasteiger partial charge in [-0.3, -0.25) is 9.89 Å². The second kappa shape index (κ2) is 9.07. The molecule has 3 heterocycles. The molecule has 2 aliphatic heterocycles. The fraction of sp³-hybridized carbons (Fsp3) is 0.355. The van der Waals surface area contributed by atoms with Crippen molar-refractivity contribution in [2.75, 3.05) is 11.9 Å². The van der Waals surface area contributed by atoms with Crippen LogP contribution in [0.5, 0.6) is 0 Å². The molecule has 192 valence electrons. The van der Waals surface area contributed by atoms with Crippen LogP contribution in [-0.2, 0) is 20.7 Å². The minimum atomic E-state index is -0.691. The number of aldehydes is 1. The maximum Gasteiger partial charge on any atom is 0.233 e. The molecule has 4 aromatic rings. The molecule has 7 heteroatoms. The number of carbonyl (C=O) groups is 2. The molecular formula is C31H30N4O3. The Morgan fingerprint density at radius 1 is 1.13 bits per heavy atom. The topological polar surface area (TPSA) is 99.1 Å². The highest BCUT2D eigenvalue weighted by Gasteiger charge is 2.67. The third-order valence-electron chi connectivity index (χ3n) is 8.81. The summed E-state index contributed by atoms with van der Waals surface area (Å²) in [7, 11) is 1.76. The van der Waals surface area contributed by atoms with Crippen molar-refractivity contribution < 1.29 is 14.3 Å². The Bertz CT molecular complexity index is 1600. The molecule has 7 nitrogen and oxygen atoms in total. The first-order chi connectivity index (χ1) is 18.4. The summed E-state index contributed by atoms with van der Waals surface area (Å²) in [6, 6.07) is 21.5. The molecule has 2 aliphatic rings. The van der Waals surface area contributed by atoms with Gasteiger partial charge in [0.2, 0.25) is 5.91 Å². The maximum absolute atomic E-state index is 14.2. The number of H-pyrrole nitrogens is 1. The molecule has 0 radical (unpaired) electrons. The molecule has 0 unspecified atom stereocenters. The van der Waals surface area contributed by atoms with E-state index in [9.17, 15) is 14.9 Å². The number of benzene rings is 3. The van der Waals surface area contributed by atoms with Crippen LogP contribution in [0.1, 0.15) is 43.9 Å². The molecule has 6 rings (SSSR count). The first-order valence-corrected chi connectivity index (χ1v) is 13.2. The second-order valence-corrected chi connectivity index (χ2v) is 10.9. The highest BCUT2D eigenvalue weighted by atomic mass is 16.5. The molecular weight excluding hydrogens is 476 g/mol. The number of amides is 1. The number of carbonyl (C=O) groups excluding carboxylic acids is 2. The Hall–Kier alpha value is -4.02. The molecule has 1 aromatic heterocycles. The first kappa shape index (κ1) is 24.3.